The van der Waals surface area contributed by atoms with Gasteiger partial charge in [0.15, 0.2) is 0 Å². The van der Waals surface area contributed by atoms with Crippen LogP contribution in [0.4, 0.5) is 0 Å². The van der Waals surface area contributed by atoms with E-state index in [4.69, 9.17) is 0 Å². The van der Waals surface area contributed by atoms with Gasteiger partial charge in [-0.05, 0) is 24.8 Å². The van der Waals surface area contributed by atoms with E-state index >= 15 is 0 Å². The molecule has 1 fully saturated rings. The van der Waals surface area contributed by atoms with Crippen LogP contribution in [0.2, 0.25) is 0 Å². The van der Waals surface area contributed by atoms with E-state index in [9.17, 15) is 14.4 Å². The molecule has 0 unspecified atom stereocenters. The molecule has 1 aromatic heterocycles. The summed E-state index contributed by atoms with van der Waals surface area (Å²) >= 11 is 1.38. The number of aryl methyl sites for hydroxylation is 1. The summed E-state index contributed by atoms with van der Waals surface area (Å²) in [7, 11) is 0. The maximum absolute atomic E-state index is 12.3. The van der Waals surface area contributed by atoms with Crippen molar-refractivity contribution >= 4 is 29.1 Å². The average molecular weight is 401 g/mol. The van der Waals surface area contributed by atoms with E-state index in [2.05, 4.69) is 22.8 Å². The van der Waals surface area contributed by atoms with Gasteiger partial charge in [0.2, 0.25) is 11.8 Å². The van der Waals surface area contributed by atoms with Gasteiger partial charge in [-0.1, -0.05) is 31.2 Å². The molecular formula is C20H24N4O3S. The summed E-state index contributed by atoms with van der Waals surface area (Å²) in [6.07, 6.45) is 2.44. The lowest BCUT2D eigenvalue weighted by atomic mass is 9.97. The normalized spacial score (nSPS) is 16.5. The smallest absolute Gasteiger partial charge is 0.289 e. The van der Waals surface area contributed by atoms with Crippen molar-refractivity contribution in [1.29, 1.82) is 0 Å². The lowest BCUT2D eigenvalue weighted by Crippen LogP contribution is -2.49. The van der Waals surface area contributed by atoms with Crippen LogP contribution in [-0.2, 0) is 16.0 Å². The van der Waals surface area contributed by atoms with Crippen molar-refractivity contribution in [3.05, 3.63) is 40.9 Å². The third-order valence-electron chi connectivity index (χ3n) is 4.88. The maximum Gasteiger partial charge on any atom is 0.289 e. The standard InChI is InChI=1S/C20H24N4O3S/c1-3-14-6-8-15(9-7-14)20-21-17(12-28-20)19(27)23-22-18(26)16-5-4-10-24(11-16)13(2)25/h6-9,12,16H,3-5,10-11H2,1-2H3,(H,22,26)(H,23,27)/t16-/m0/s1. The van der Waals surface area contributed by atoms with Gasteiger partial charge >= 0.3 is 0 Å². The molecule has 2 N–H and O–H groups in total. The summed E-state index contributed by atoms with van der Waals surface area (Å²) in [5.74, 6) is -1.10. The minimum Gasteiger partial charge on any atom is -0.342 e. The van der Waals surface area contributed by atoms with Crippen molar-refractivity contribution in [2.24, 2.45) is 5.92 Å². The summed E-state index contributed by atoms with van der Waals surface area (Å²) in [6.45, 7) is 4.65. The molecule has 8 heteroatoms. The highest BCUT2D eigenvalue weighted by molar-refractivity contribution is 7.13. The minimum absolute atomic E-state index is 0.0384. The first-order chi connectivity index (χ1) is 13.5. The first-order valence-corrected chi connectivity index (χ1v) is 10.3. The number of thiazole rings is 1. The summed E-state index contributed by atoms with van der Waals surface area (Å²) in [5.41, 5.74) is 7.34. The van der Waals surface area contributed by atoms with Crippen molar-refractivity contribution in [2.75, 3.05) is 13.1 Å². The number of carbonyl (C=O) groups is 3. The molecule has 0 saturated carbocycles. The van der Waals surface area contributed by atoms with Crippen LogP contribution in [0, 0.1) is 5.92 Å². The average Bonchev–Trinajstić information content (AvgIpc) is 3.22. The number of amides is 3. The van der Waals surface area contributed by atoms with Gasteiger partial charge in [0.05, 0.1) is 5.92 Å². The Balaban J connectivity index is 1.55. The van der Waals surface area contributed by atoms with Gasteiger partial charge in [-0.2, -0.15) is 0 Å². The zero-order valence-electron chi connectivity index (χ0n) is 16.0. The van der Waals surface area contributed by atoms with Gasteiger partial charge in [0.1, 0.15) is 10.7 Å². The third-order valence-corrected chi connectivity index (χ3v) is 5.77. The number of benzene rings is 1. The number of rotatable bonds is 4. The van der Waals surface area contributed by atoms with Crippen LogP contribution in [0.25, 0.3) is 10.6 Å². The minimum atomic E-state index is -0.458. The van der Waals surface area contributed by atoms with E-state index < -0.39 is 5.91 Å². The van der Waals surface area contributed by atoms with E-state index in [1.165, 1.54) is 23.8 Å². The van der Waals surface area contributed by atoms with Gasteiger partial charge < -0.3 is 4.90 Å². The molecule has 0 spiro atoms. The van der Waals surface area contributed by atoms with Crippen molar-refractivity contribution in [3.8, 4) is 10.6 Å². The number of hydrogen-bond acceptors (Lipinski definition) is 5. The summed E-state index contributed by atoms with van der Waals surface area (Å²) in [4.78, 5) is 42.1. The predicted molar refractivity (Wildman–Crippen MR) is 108 cm³/mol. The number of hydrogen-bond donors (Lipinski definition) is 2. The lowest BCUT2D eigenvalue weighted by Gasteiger charge is -2.31. The second-order valence-electron chi connectivity index (χ2n) is 6.84. The zero-order valence-corrected chi connectivity index (χ0v) is 16.8. The van der Waals surface area contributed by atoms with E-state index in [1.807, 2.05) is 24.3 Å². The Morgan fingerprint density at radius 2 is 1.96 bits per heavy atom. The fourth-order valence-electron chi connectivity index (χ4n) is 3.16. The van der Waals surface area contributed by atoms with E-state index in [-0.39, 0.29) is 23.4 Å². The maximum atomic E-state index is 12.3. The molecule has 0 aliphatic carbocycles. The molecule has 3 rings (SSSR count). The third kappa shape index (κ3) is 4.75. The quantitative estimate of drug-likeness (QED) is 0.771. The molecule has 148 valence electrons. The van der Waals surface area contributed by atoms with Gasteiger partial charge in [-0.3, -0.25) is 25.2 Å². The van der Waals surface area contributed by atoms with E-state index in [0.29, 0.717) is 19.5 Å². The fourth-order valence-corrected chi connectivity index (χ4v) is 3.96. The highest BCUT2D eigenvalue weighted by Gasteiger charge is 2.27. The topological polar surface area (TPSA) is 91.4 Å². The van der Waals surface area contributed by atoms with Crippen molar-refractivity contribution in [1.82, 2.24) is 20.7 Å². The van der Waals surface area contributed by atoms with Crippen LogP contribution in [-0.4, -0.2) is 40.7 Å². The Kier molecular flexibility index (Phi) is 6.41. The number of piperidine rings is 1. The number of carbonyl (C=O) groups excluding carboxylic acids is 3. The second kappa shape index (κ2) is 8.97. The molecule has 0 bridgehead atoms. The highest BCUT2D eigenvalue weighted by Crippen LogP contribution is 2.24. The molecule has 1 atom stereocenters. The fraction of sp³-hybridized carbons (Fsp3) is 0.400. The van der Waals surface area contributed by atoms with Gasteiger partial charge in [0, 0.05) is 31.0 Å². The van der Waals surface area contributed by atoms with E-state index in [1.54, 1.807) is 10.3 Å². The van der Waals surface area contributed by atoms with Crippen LogP contribution in [0.5, 0.6) is 0 Å². The van der Waals surface area contributed by atoms with Crippen LogP contribution >= 0.6 is 11.3 Å². The Bertz CT molecular complexity index is 863. The van der Waals surface area contributed by atoms with E-state index in [0.717, 1.165) is 23.4 Å². The molecule has 28 heavy (non-hydrogen) atoms. The molecular weight excluding hydrogens is 376 g/mol. The number of likely N-dealkylation sites (tertiary alicyclic amines) is 1. The molecule has 1 aromatic carbocycles. The molecule has 1 saturated heterocycles. The Morgan fingerprint density at radius 1 is 1.21 bits per heavy atom. The SMILES string of the molecule is CCc1ccc(-c2nc(C(=O)NNC(=O)[C@H]3CCCN(C(C)=O)C3)cs2)cc1. The molecule has 1 aliphatic heterocycles. The lowest BCUT2D eigenvalue weighted by molar-refractivity contribution is -0.134. The first kappa shape index (κ1) is 20.0. The number of aromatic nitrogens is 1. The number of nitrogens with one attached hydrogen (secondary N) is 2. The van der Waals surface area contributed by atoms with Gasteiger partial charge in [0.25, 0.3) is 5.91 Å². The van der Waals surface area contributed by atoms with Crippen molar-refractivity contribution < 1.29 is 14.4 Å². The molecule has 2 heterocycles. The van der Waals surface area contributed by atoms with Crippen molar-refractivity contribution in [2.45, 2.75) is 33.1 Å². The molecule has 1 aliphatic rings. The van der Waals surface area contributed by atoms with Crippen LogP contribution in [0.15, 0.2) is 29.6 Å². The Hall–Kier alpha value is -2.74. The summed E-state index contributed by atoms with van der Waals surface area (Å²) < 4.78 is 0. The van der Waals surface area contributed by atoms with Crippen LogP contribution < -0.4 is 10.9 Å². The van der Waals surface area contributed by atoms with Crippen LogP contribution in [0.3, 0.4) is 0 Å². The highest BCUT2D eigenvalue weighted by atomic mass is 32.1. The Labute approximate surface area is 168 Å². The molecule has 3 amide bonds. The first-order valence-electron chi connectivity index (χ1n) is 9.38. The number of nitrogens with zero attached hydrogens (tertiary/aromatic N) is 2. The monoisotopic (exact) mass is 400 g/mol. The number of hydrazine groups is 1. The van der Waals surface area contributed by atoms with Crippen molar-refractivity contribution in [3.63, 3.8) is 0 Å². The Morgan fingerprint density at radius 3 is 2.64 bits per heavy atom. The summed E-state index contributed by atoms with van der Waals surface area (Å²) in [6, 6.07) is 8.08. The van der Waals surface area contributed by atoms with Crippen LogP contribution in [0.1, 0.15) is 42.7 Å². The second-order valence-corrected chi connectivity index (χ2v) is 7.69. The largest absolute Gasteiger partial charge is 0.342 e. The molecule has 7 nitrogen and oxygen atoms in total. The van der Waals surface area contributed by atoms with Gasteiger partial charge in [-0.15, -0.1) is 11.3 Å². The summed E-state index contributed by atoms with van der Waals surface area (Å²) in [5, 5.41) is 2.42. The predicted octanol–water partition coefficient (Wildman–Crippen LogP) is 2.39. The van der Waals surface area contributed by atoms with Gasteiger partial charge in [-0.25, -0.2) is 4.98 Å². The molecule has 0 radical (unpaired) electrons. The zero-order chi connectivity index (χ0) is 20.1. The molecule has 2 aromatic rings.